The molecule has 140 valence electrons. The number of aliphatic imine (C=N–C) groups is 1. The van der Waals surface area contributed by atoms with Crippen molar-refractivity contribution in [3.05, 3.63) is 59.7 Å². The normalized spacial score (nSPS) is 19.1. The highest BCUT2D eigenvalue weighted by Crippen LogP contribution is 2.35. The quantitative estimate of drug-likeness (QED) is 0.753. The lowest BCUT2D eigenvalue weighted by Crippen LogP contribution is -2.28. The summed E-state index contributed by atoms with van der Waals surface area (Å²) in [7, 11) is 0. The number of hydrogen-bond acceptors (Lipinski definition) is 5. The van der Waals surface area contributed by atoms with E-state index in [2.05, 4.69) is 22.5 Å². The lowest BCUT2D eigenvalue weighted by Gasteiger charge is -2.29. The summed E-state index contributed by atoms with van der Waals surface area (Å²) in [5.74, 6) is 0.555. The molecule has 2 amide bonds. The van der Waals surface area contributed by atoms with Crippen LogP contribution in [0.1, 0.15) is 36.2 Å². The minimum atomic E-state index is -0.350. The zero-order chi connectivity index (χ0) is 19.4. The average Bonchev–Trinajstić information content (AvgIpc) is 2.61. The third-order valence-electron chi connectivity index (χ3n) is 4.41. The van der Waals surface area contributed by atoms with Gasteiger partial charge < -0.3 is 16.4 Å². The van der Waals surface area contributed by atoms with E-state index in [1.165, 1.54) is 6.92 Å². The molecule has 0 fully saturated rings. The van der Waals surface area contributed by atoms with Crippen molar-refractivity contribution >= 4 is 40.1 Å². The number of hydrogen-bond donors (Lipinski definition) is 3. The molecule has 2 aromatic rings. The topological polar surface area (TPSA) is 96.6 Å². The molecule has 1 heterocycles. The maximum Gasteiger partial charge on any atom is 0.255 e. The second kappa shape index (κ2) is 7.84. The molecule has 0 bridgehead atoms. The number of amides is 2. The SMILES string of the molecule is CC(=O)Nc1cccc(NC(=O)c2ccc(C3(C)CCSC(N)=N3)cc2)c1. The van der Waals surface area contributed by atoms with Crippen molar-refractivity contribution in [1.82, 2.24) is 0 Å². The summed E-state index contributed by atoms with van der Waals surface area (Å²) in [6.07, 6.45) is 0.903. The Morgan fingerprint density at radius 1 is 1.11 bits per heavy atom. The van der Waals surface area contributed by atoms with Crippen LogP contribution in [0.2, 0.25) is 0 Å². The number of nitrogens with zero attached hydrogens (tertiary/aromatic N) is 1. The fourth-order valence-corrected chi connectivity index (χ4v) is 3.93. The van der Waals surface area contributed by atoms with E-state index < -0.39 is 0 Å². The maximum absolute atomic E-state index is 12.5. The van der Waals surface area contributed by atoms with Crippen molar-refractivity contribution in [2.45, 2.75) is 25.8 Å². The Hall–Kier alpha value is -2.80. The monoisotopic (exact) mass is 382 g/mol. The van der Waals surface area contributed by atoms with Crippen molar-refractivity contribution in [3.63, 3.8) is 0 Å². The van der Waals surface area contributed by atoms with Crippen LogP contribution in [0.4, 0.5) is 11.4 Å². The van der Waals surface area contributed by atoms with E-state index in [1.807, 2.05) is 12.1 Å². The number of rotatable bonds is 4. The van der Waals surface area contributed by atoms with Gasteiger partial charge in [-0.05, 0) is 49.2 Å². The standard InChI is InChI=1S/C20H22N4O2S/c1-13(25)22-16-4-3-5-17(12-16)23-18(26)14-6-8-15(9-7-14)20(2)10-11-27-19(21)24-20/h3-9,12H,10-11H2,1-2H3,(H2,21,24)(H,22,25)(H,23,26). The maximum atomic E-state index is 12.5. The van der Waals surface area contributed by atoms with Crippen molar-refractivity contribution in [2.75, 3.05) is 16.4 Å². The minimum Gasteiger partial charge on any atom is -0.379 e. The molecule has 1 atom stereocenters. The summed E-state index contributed by atoms with van der Waals surface area (Å²) in [5.41, 5.74) is 8.36. The number of nitrogens with two attached hydrogens (primary N) is 1. The Balaban J connectivity index is 1.73. The first-order valence-electron chi connectivity index (χ1n) is 8.63. The van der Waals surface area contributed by atoms with E-state index in [0.29, 0.717) is 22.1 Å². The molecule has 4 N–H and O–H groups in total. The van der Waals surface area contributed by atoms with Gasteiger partial charge >= 0.3 is 0 Å². The first-order valence-corrected chi connectivity index (χ1v) is 9.62. The van der Waals surface area contributed by atoms with Crippen molar-refractivity contribution in [2.24, 2.45) is 10.7 Å². The second-order valence-electron chi connectivity index (χ2n) is 6.62. The van der Waals surface area contributed by atoms with Gasteiger partial charge in [-0.2, -0.15) is 0 Å². The zero-order valence-corrected chi connectivity index (χ0v) is 16.1. The van der Waals surface area contributed by atoms with Crippen LogP contribution < -0.4 is 16.4 Å². The van der Waals surface area contributed by atoms with E-state index in [0.717, 1.165) is 17.7 Å². The highest BCUT2D eigenvalue weighted by molar-refractivity contribution is 8.13. The van der Waals surface area contributed by atoms with Crippen LogP contribution in [0.5, 0.6) is 0 Å². The first kappa shape index (κ1) is 19.0. The number of benzene rings is 2. The summed E-state index contributed by atoms with van der Waals surface area (Å²) >= 11 is 1.57. The van der Waals surface area contributed by atoms with E-state index in [-0.39, 0.29) is 17.4 Å². The highest BCUT2D eigenvalue weighted by atomic mass is 32.2. The summed E-state index contributed by atoms with van der Waals surface area (Å²) in [5, 5.41) is 6.14. The number of anilines is 2. The summed E-state index contributed by atoms with van der Waals surface area (Å²) < 4.78 is 0. The van der Waals surface area contributed by atoms with Gasteiger partial charge in [0.15, 0.2) is 5.17 Å². The summed E-state index contributed by atoms with van der Waals surface area (Å²) in [6, 6.07) is 14.5. The van der Waals surface area contributed by atoms with Gasteiger partial charge in [0.05, 0.1) is 5.54 Å². The van der Waals surface area contributed by atoms with Gasteiger partial charge in [0.2, 0.25) is 5.91 Å². The van der Waals surface area contributed by atoms with Crippen LogP contribution in [0.15, 0.2) is 53.5 Å². The highest BCUT2D eigenvalue weighted by Gasteiger charge is 2.29. The summed E-state index contributed by atoms with van der Waals surface area (Å²) in [6.45, 7) is 3.50. The van der Waals surface area contributed by atoms with Crippen LogP contribution in [0.3, 0.4) is 0 Å². The van der Waals surface area contributed by atoms with Gasteiger partial charge in [-0.1, -0.05) is 30.0 Å². The molecule has 7 heteroatoms. The van der Waals surface area contributed by atoms with E-state index in [9.17, 15) is 9.59 Å². The zero-order valence-electron chi connectivity index (χ0n) is 15.3. The largest absolute Gasteiger partial charge is 0.379 e. The average molecular weight is 382 g/mol. The Morgan fingerprint density at radius 3 is 2.41 bits per heavy atom. The third kappa shape index (κ3) is 4.68. The molecule has 3 rings (SSSR count). The number of amidine groups is 1. The van der Waals surface area contributed by atoms with E-state index >= 15 is 0 Å². The lowest BCUT2D eigenvalue weighted by atomic mass is 9.89. The minimum absolute atomic E-state index is 0.160. The van der Waals surface area contributed by atoms with Crippen LogP contribution >= 0.6 is 11.8 Å². The van der Waals surface area contributed by atoms with Crippen molar-refractivity contribution in [1.29, 1.82) is 0 Å². The Morgan fingerprint density at radius 2 is 1.78 bits per heavy atom. The smallest absolute Gasteiger partial charge is 0.255 e. The molecule has 1 unspecified atom stereocenters. The Kier molecular flexibility index (Phi) is 5.51. The molecular weight excluding hydrogens is 360 g/mol. The van der Waals surface area contributed by atoms with Crippen molar-refractivity contribution < 1.29 is 9.59 Å². The fourth-order valence-electron chi connectivity index (χ4n) is 2.96. The number of carbonyl (C=O) groups is 2. The Labute approximate surface area is 162 Å². The molecule has 0 aliphatic carbocycles. The molecule has 27 heavy (non-hydrogen) atoms. The molecule has 0 saturated carbocycles. The predicted octanol–water partition coefficient (Wildman–Crippen LogP) is 3.56. The number of nitrogens with one attached hydrogen (secondary N) is 2. The van der Waals surface area contributed by atoms with Gasteiger partial charge in [-0.25, -0.2) is 0 Å². The second-order valence-corrected chi connectivity index (χ2v) is 7.73. The molecule has 0 saturated heterocycles. The van der Waals surface area contributed by atoms with E-state index in [4.69, 9.17) is 5.73 Å². The molecule has 6 nitrogen and oxygen atoms in total. The van der Waals surface area contributed by atoms with Gasteiger partial charge in [0.1, 0.15) is 0 Å². The van der Waals surface area contributed by atoms with Crippen molar-refractivity contribution in [3.8, 4) is 0 Å². The molecule has 2 aromatic carbocycles. The van der Waals surface area contributed by atoms with Gasteiger partial charge in [0.25, 0.3) is 5.91 Å². The van der Waals surface area contributed by atoms with Crippen LogP contribution in [-0.2, 0) is 10.3 Å². The van der Waals surface area contributed by atoms with Gasteiger partial charge in [-0.3, -0.25) is 14.6 Å². The fraction of sp³-hybridized carbons (Fsp3) is 0.250. The Bertz CT molecular complexity index is 895. The molecule has 1 aliphatic rings. The van der Waals surface area contributed by atoms with Gasteiger partial charge in [0, 0.05) is 29.6 Å². The summed E-state index contributed by atoms with van der Waals surface area (Å²) in [4.78, 5) is 28.3. The van der Waals surface area contributed by atoms with E-state index in [1.54, 1.807) is 48.2 Å². The van der Waals surface area contributed by atoms with Gasteiger partial charge in [-0.15, -0.1) is 0 Å². The third-order valence-corrected chi connectivity index (χ3v) is 5.20. The molecule has 1 aliphatic heterocycles. The molecule has 0 spiro atoms. The molecule has 0 aromatic heterocycles. The predicted molar refractivity (Wildman–Crippen MR) is 111 cm³/mol. The van der Waals surface area contributed by atoms with Crippen LogP contribution in [0, 0.1) is 0 Å². The van der Waals surface area contributed by atoms with Crippen LogP contribution in [-0.4, -0.2) is 22.7 Å². The molecule has 0 radical (unpaired) electrons. The number of carbonyl (C=O) groups excluding carboxylic acids is 2. The number of thioether (sulfide) groups is 1. The van der Waals surface area contributed by atoms with Crippen LogP contribution in [0.25, 0.3) is 0 Å². The molecular formula is C20H22N4O2S. The first-order chi connectivity index (χ1) is 12.9. The lowest BCUT2D eigenvalue weighted by molar-refractivity contribution is -0.114.